The number of pyridine rings is 1. The van der Waals surface area contributed by atoms with Crippen LogP contribution in [0.25, 0.3) is 0 Å². The zero-order valence-corrected chi connectivity index (χ0v) is 11.5. The van der Waals surface area contributed by atoms with E-state index in [1.54, 1.807) is 0 Å². The fraction of sp³-hybridized carbons (Fsp3) is 0.583. The Kier molecular flexibility index (Phi) is 4.47. The molecule has 2 rings (SSSR count). The van der Waals surface area contributed by atoms with E-state index < -0.39 is 0 Å². The lowest BCUT2D eigenvalue weighted by Crippen LogP contribution is -2.41. The number of rotatable bonds is 5. The summed E-state index contributed by atoms with van der Waals surface area (Å²) in [5.74, 6) is 0.728. The normalized spacial score (nSPS) is 15.9. The molecule has 0 unspecified atom stereocenters. The van der Waals surface area contributed by atoms with Crippen molar-refractivity contribution in [2.45, 2.75) is 31.7 Å². The molecule has 2 nitrogen and oxygen atoms in total. The van der Waals surface area contributed by atoms with Gasteiger partial charge in [0.2, 0.25) is 0 Å². The molecule has 0 radical (unpaired) electrons. The zero-order chi connectivity index (χ0) is 11.4. The highest BCUT2D eigenvalue weighted by molar-refractivity contribution is 9.10. The van der Waals surface area contributed by atoms with Gasteiger partial charge in [-0.15, -0.1) is 11.6 Å². The summed E-state index contributed by atoms with van der Waals surface area (Å²) in [5.41, 5.74) is 1.25. The van der Waals surface area contributed by atoms with Crippen molar-refractivity contribution in [2.75, 3.05) is 17.3 Å². The molecule has 0 aromatic carbocycles. The molecule has 1 heterocycles. The second kappa shape index (κ2) is 5.87. The Morgan fingerprint density at radius 1 is 1.50 bits per heavy atom. The van der Waals surface area contributed by atoms with Crippen LogP contribution in [0.2, 0.25) is 0 Å². The van der Waals surface area contributed by atoms with Crippen molar-refractivity contribution in [3.63, 3.8) is 0 Å². The first kappa shape index (κ1) is 12.2. The van der Waals surface area contributed by atoms with Gasteiger partial charge >= 0.3 is 0 Å². The van der Waals surface area contributed by atoms with Crippen LogP contribution in [-0.4, -0.2) is 23.5 Å². The van der Waals surface area contributed by atoms with Gasteiger partial charge in [0.15, 0.2) is 0 Å². The largest absolute Gasteiger partial charge is 0.368 e. The lowest BCUT2D eigenvalue weighted by Gasteiger charge is -2.39. The van der Waals surface area contributed by atoms with Gasteiger partial charge in [-0.25, -0.2) is 0 Å². The molecule has 1 aromatic rings. The topological polar surface area (TPSA) is 16.1 Å². The van der Waals surface area contributed by atoms with Crippen LogP contribution in [0.3, 0.4) is 0 Å². The smallest absolute Gasteiger partial charge is 0.0592 e. The summed E-state index contributed by atoms with van der Waals surface area (Å²) in [7, 11) is 0. The van der Waals surface area contributed by atoms with E-state index in [4.69, 9.17) is 11.6 Å². The molecule has 1 saturated carbocycles. The molecule has 1 aromatic heterocycles. The summed E-state index contributed by atoms with van der Waals surface area (Å²) in [6, 6.07) is 2.78. The molecule has 1 fully saturated rings. The fourth-order valence-electron chi connectivity index (χ4n) is 2.03. The third-order valence-corrected chi connectivity index (χ3v) is 3.99. The van der Waals surface area contributed by atoms with Crippen LogP contribution in [-0.2, 0) is 0 Å². The SMILES string of the molecule is ClCCCN(c1ccncc1Br)C1CCC1. The highest BCUT2D eigenvalue weighted by Crippen LogP contribution is 2.33. The molecular formula is C12H16BrClN2. The van der Waals surface area contributed by atoms with E-state index in [1.807, 2.05) is 12.4 Å². The van der Waals surface area contributed by atoms with Gasteiger partial charge in [0.05, 0.1) is 10.2 Å². The van der Waals surface area contributed by atoms with Crippen molar-refractivity contribution in [1.82, 2.24) is 4.98 Å². The van der Waals surface area contributed by atoms with Crippen molar-refractivity contribution >= 4 is 33.2 Å². The van der Waals surface area contributed by atoms with Gasteiger partial charge in [-0.1, -0.05) is 0 Å². The van der Waals surface area contributed by atoms with Crippen molar-refractivity contribution < 1.29 is 0 Å². The molecule has 0 spiro atoms. The molecule has 0 saturated heterocycles. The summed E-state index contributed by atoms with van der Waals surface area (Å²) in [4.78, 5) is 6.58. The molecule has 1 aliphatic carbocycles. The maximum absolute atomic E-state index is 5.79. The predicted molar refractivity (Wildman–Crippen MR) is 72.3 cm³/mol. The van der Waals surface area contributed by atoms with Gasteiger partial charge in [-0.2, -0.15) is 0 Å². The molecule has 88 valence electrons. The molecule has 0 N–H and O–H groups in total. The van der Waals surface area contributed by atoms with Crippen LogP contribution in [0.4, 0.5) is 5.69 Å². The molecule has 1 aliphatic rings. The Labute approximate surface area is 110 Å². The van der Waals surface area contributed by atoms with E-state index in [1.165, 1.54) is 24.9 Å². The van der Waals surface area contributed by atoms with Crippen LogP contribution in [0.5, 0.6) is 0 Å². The first-order valence-electron chi connectivity index (χ1n) is 5.75. The minimum atomic E-state index is 0.696. The maximum Gasteiger partial charge on any atom is 0.0592 e. The molecule has 0 aliphatic heterocycles. The number of nitrogens with zero attached hydrogens (tertiary/aromatic N) is 2. The van der Waals surface area contributed by atoms with Gasteiger partial charge in [0.25, 0.3) is 0 Å². The number of aromatic nitrogens is 1. The van der Waals surface area contributed by atoms with Crippen molar-refractivity contribution in [2.24, 2.45) is 0 Å². The van der Waals surface area contributed by atoms with Crippen molar-refractivity contribution in [3.8, 4) is 0 Å². The third-order valence-electron chi connectivity index (χ3n) is 3.11. The summed E-state index contributed by atoms with van der Waals surface area (Å²) >= 11 is 9.36. The second-order valence-corrected chi connectivity index (χ2v) is 5.38. The van der Waals surface area contributed by atoms with E-state index in [9.17, 15) is 0 Å². The zero-order valence-electron chi connectivity index (χ0n) is 9.20. The minimum absolute atomic E-state index is 0.696. The number of anilines is 1. The Balaban J connectivity index is 2.13. The van der Waals surface area contributed by atoms with E-state index in [0.29, 0.717) is 6.04 Å². The van der Waals surface area contributed by atoms with Crippen molar-refractivity contribution in [1.29, 1.82) is 0 Å². The quantitative estimate of drug-likeness (QED) is 0.769. The number of hydrogen-bond acceptors (Lipinski definition) is 2. The van der Waals surface area contributed by atoms with Gasteiger partial charge in [0.1, 0.15) is 0 Å². The number of halogens is 2. The Morgan fingerprint density at radius 2 is 2.31 bits per heavy atom. The van der Waals surface area contributed by atoms with Crippen LogP contribution in [0.1, 0.15) is 25.7 Å². The highest BCUT2D eigenvalue weighted by atomic mass is 79.9. The van der Waals surface area contributed by atoms with Crippen LogP contribution in [0, 0.1) is 0 Å². The first-order chi connectivity index (χ1) is 7.83. The Morgan fingerprint density at radius 3 is 2.88 bits per heavy atom. The standard InChI is InChI=1S/C12H16BrClN2/c13-11-9-15-7-5-12(11)16(8-2-6-14)10-3-1-4-10/h5,7,9-10H,1-4,6,8H2. The fourth-order valence-corrected chi connectivity index (χ4v) is 2.63. The third kappa shape index (κ3) is 2.69. The average Bonchev–Trinajstić information content (AvgIpc) is 2.22. The Bertz CT molecular complexity index is 342. The maximum atomic E-state index is 5.79. The predicted octanol–water partition coefficient (Wildman–Crippen LogP) is 3.83. The highest BCUT2D eigenvalue weighted by Gasteiger charge is 2.25. The van der Waals surface area contributed by atoms with E-state index >= 15 is 0 Å². The molecule has 0 amide bonds. The molecule has 0 atom stereocenters. The minimum Gasteiger partial charge on any atom is -0.368 e. The summed E-state index contributed by atoms with van der Waals surface area (Å²) in [6.07, 6.45) is 8.71. The van der Waals surface area contributed by atoms with Crippen LogP contribution >= 0.6 is 27.5 Å². The summed E-state index contributed by atoms with van der Waals surface area (Å²) in [6.45, 7) is 1.04. The first-order valence-corrected chi connectivity index (χ1v) is 7.08. The molecule has 16 heavy (non-hydrogen) atoms. The molecule has 4 heteroatoms. The molecular weight excluding hydrogens is 288 g/mol. The lowest BCUT2D eigenvalue weighted by atomic mass is 9.91. The van der Waals surface area contributed by atoms with E-state index in [2.05, 4.69) is 31.9 Å². The van der Waals surface area contributed by atoms with Gasteiger partial charge < -0.3 is 4.90 Å². The second-order valence-electron chi connectivity index (χ2n) is 4.15. The van der Waals surface area contributed by atoms with E-state index in [0.717, 1.165) is 23.3 Å². The summed E-state index contributed by atoms with van der Waals surface area (Å²) in [5, 5.41) is 0. The van der Waals surface area contributed by atoms with Crippen molar-refractivity contribution in [3.05, 3.63) is 22.9 Å². The molecule has 0 bridgehead atoms. The number of alkyl halides is 1. The Hall–Kier alpha value is -0.280. The summed E-state index contributed by atoms with van der Waals surface area (Å²) < 4.78 is 1.08. The van der Waals surface area contributed by atoms with Gasteiger partial charge in [-0.05, 0) is 47.7 Å². The van der Waals surface area contributed by atoms with Crippen LogP contribution in [0.15, 0.2) is 22.9 Å². The van der Waals surface area contributed by atoms with Crippen LogP contribution < -0.4 is 4.90 Å². The van der Waals surface area contributed by atoms with Gasteiger partial charge in [0, 0.05) is 30.9 Å². The average molecular weight is 304 g/mol. The van der Waals surface area contributed by atoms with E-state index in [-0.39, 0.29) is 0 Å². The monoisotopic (exact) mass is 302 g/mol. The number of hydrogen-bond donors (Lipinski definition) is 0. The lowest BCUT2D eigenvalue weighted by molar-refractivity contribution is 0.385. The van der Waals surface area contributed by atoms with Gasteiger partial charge in [-0.3, -0.25) is 4.98 Å².